The summed E-state index contributed by atoms with van der Waals surface area (Å²) in [4.78, 5) is 23.1. The monoisotopic (exact) mass is 342 g/mol. The van der Waals surface area contributed by atoms with Crippen LogP contribution in [0.4, 0.5) is 0 Å². The van der Waals surface area contributed by atoms with E-state index in [2.05, 4.69) is 0 Å². The van der Waals surface area contributed by atoms with Gasteiger partial charge in [-0.25, -0.2) is 9.59 Å². The number of fused-ring (bicyclic) bond motifs is 1. The van der Waals surface area contributed by atoms with Crippen LogP contribution in [-0.4, -0.2) is 33.9 Å². The van der Waals surface area contributed by atoms with E-state index in [1.807, 2.05) is 0 Å². The lowest BCUT2D eigenvalue weighted by atomic mass is 9.83. The maximum Gasteiger partial charge on any atom is 0.338 e. The van der Waals surface area contributed by atoms with Crippen molar-refractivity contribution < 1.29 is 29.6 Å². The van der Waals surface area contributed by atoms with Gasteiger partial charge in [-0.05, 0) is 55.5 Å². The van der Waals surface area contributed by atoms with Gasteiger partial charge in [-0.2, -0.15) is 0 Å². The number of phenolic OH excluding ortho intramolecular Hbond substituents is 2. The van der Waals surface area contributed by atoms with E-state index in [9.17, 15) is 19.8 Å². The Kier molecular flexibility index (Phi) is 4.61. The number of hydrogen-bond acceptors (Lipinski definition) is 5. The molecule has 25 heavy (non-hydrogen) atoms. The molecule has 0 bridgehead atoms. The Balaban J connectivity index is 1.64. The van der Waals surface area contributed by atoms with Gasteiger partial charge >= 0.3 is 11.9 Å². The Morgan fingerprint density at radius 1 is 1.04 bits per heavy atom. The maximum atomic E-state index is 12.1. The number of aromatic hydroxyl groups is 2. The molecule has 0 spiro atoms. The van der Waals surface area contributed by atoms with Crippen LogP contribution in [0.3, 0.4) is 0 Å². The molecular formula is C19H18O6. The van der Waals surface area contributed by atoms with Crippen LogP contribution >= 0.6 is 0 Å². The van der Waals surface area contributed by atoms with E-state index >= 15 is 0 Å². The lowest BCUT2D eigenvalue weighted by Gasteiger charge is -2.25. The van der Waals surface area contributed by atoms with E-state index < -0.39 is 11.9 Å². The van der Waals surface area contributed by atoms with Crippen molar-refractivity contribution in [1.29, 1.82) is 0 Å². The molecule has 1 aliphatic carbocycles. The highest BCUT2D eigenvalue weighted by molar-refractivity contribution is 5.94. The van der Waals surface area contributed by atoms with Gasteiger partial charge in [0.05, 0.1) is 17.7 Å². The van der Waals surface area contributed by atoms with Crippen LogP contribution in [0, 0.1) is 5.92 Å². The van der Waals surface area contributed by atoms with Gasteiger partial charge in [-0.1, -0.05) is 6.07 Å². The van der Waals surface area contributed by atoms with Crippen molar-refractivity contribution in [3.05, 3.63) is 58.7 Å². The second-order valence-corrected chi connectivity index (χ2v) is 6.15. The third kappa shape index (κ3) is 3.57. The first-order chi connectivity index (χ1) is 12.0. The number of rotatable bonds is 4. The van der Waals surface area contributed by atoms with Crippen molar-refractivity contribution in [2.45, 2.75) is 19.3 Å². The molecule has 2 aromatic carbocycles. The van der Waals surface area contributed by atoms with Crippen LogP contribution in [0.1, 0.15) is 38.3 Å². The van der Waals surface area contributed by atoms with E-state index in [-0.39, 0.29) is 35.2 Å². The van der Waals surface area contributed by atoms with E-state index in [1.54, 1.807) is 0 Å². The normalized spacial score (nSPS) is 16.1. The summed E-state index contributed by atoms with van der Waals surface area (Å²) in [6, 6.07) is 8.63. The molecule has 6 heteroatoms. The average molecular weight is 342 g/mol. The van der Waals surface area contributed by atoms with Gasteiger partial charge in [0.25, 0.3) is 0 Å². The third-order valence-corrected chi connectivity index (χ3v) is 4.47. The second-order valence-electron chi connectivity index (χ2n) is 6.15. The SMILES string of the molecule is O=C(O)c1cccc(C(=O)OCC2CCc3c(O)ccc(O)c3C2)c1. The first kappa shape index (κ1) is 16.8. The van der Waals surface area contributed by atoms with Crippen LogP contribution in [-0.2, 0) is 17.6 Å². The molecule has 6 nitrogen and oxygen atoms in total. The molecule has 0 radical (unpaired) electrons. The van der Waals surface area contributed by atoms with Crippen LogP contribution < -0.4 is 0 Å². The number of carboxylic acid groups (broad SMARTS) is 1. The van der Waals surface area contributed by atoms with Gasteiger partial charge in [0.15, 0.2) is 0 Å². The molecule has 1 unspecified atom stereocenters. The highest BCUT2D eigenvalue weighted by Crippen LogP contribution is 2.36. The zero-order valence-electron chi connectivity index (χ0n) is 13.4. The highest BCUT2D eigenvalue weighted by atomic mass is 16.5. The topological polar surface area (TPSA) is 104 Å². The number of hydrogen-bond donors (Lipinski definition) is 3. The molecule has 3 N–H and O–H groups in total. The zero-order chi connectivity index (χ0) is 18.0. The molecule has 0 heterocycles. The van der Waals surface area contributed by atoms with E-state index in [0.29, 0.717) is 18.4 Å². The summed E-state index contributed by atoms with van der Waals surface area (Å²) in [6.07, 6.45) is 1.84. The molecule has 0 aliphatic heterocycles. The van der Waals surface area contributed by atoms with Crippen molar-refractivity contribution in [3.63, 3.8) is 0 Å². The summed E-state index contributed by atoms with van der Waals surface area (Å²) >= 11 is 0. The quantitative estimate of drug-likeness (QED) is 0.583. The molecule has 0 fully saturated rings. The fourth-order valence-electron chi connectivity index (χ4n) is 3.11. The Morgan fingerprint density at radius 3 is 2.44 bits per heavy atom. The van der Waals surface area contributed by atoms with Crippen LogP contribution in [0.15, 0.2) is 36.4 Å². The summed E-state index contributed by atoms with van der Waals surface area (Å²) in [5.74, 6) is -1.33. The maximum absolute atomic E-state index is 12.1. The van der Waals surface area contributed by atoms with Crippen LogP contribution in [0.25, 0.3) is 0 Å². The number of ether oxygens (including phenoxy) is 1. The number of carbonyl (C=O) groups is 2. The molecular weight excluding hydrogens is 324 g/mol. The number of carbonyl (C=O) groups excluding carboxylic acids is 1. The van der Waals surface area contributed by atoms with Gasteiger partial charge in [0.1, 0.15) is 11.5 Å². The smallest absolute Gasteiger partial charge is 0.338 e. The van der Waals surface area contributed by atoms with Gasteiger partial charge in [0.2, 0.25) is 0 Å². The Morgan fingerprint density at radius 2 is 1.72 bits per heavy atom. The standard InChI is InChI=1S/C19H18O6/c20-16-6-7-17(21)15-8-11(4-5-14(15)16)10-25-19(24)13-3-1-2-12(9-13)18(22)23/h1-3,6-7,9,11,20-21H,4-5,8,10H2,(H,22,23). The van der Waals surface area contributed by atoms with E-state index in [0.717, 1.165) is 12.0 Å². The molecule has 1 atom stereocenters. The van der Waals surface area contributed by atoms with Gasteiger partial charge < -0.3 is 20.1 Å². The predicted molar refractivity (Wildman–Crippen MR) is 89.0 cm³/mol. The van der Waals surface area contributed by atoms with Gasteiger partial charge in [0, 0.05) is 11.1 Å². The Bertz CT molecular complexity index is 827. The molecule has 0 saturated carbocycles. The van der Waals surface area contributed by atoms with Crippen molar-refractivity contribution in [1.82, 2.24) is 0 Å². The van der Waals surface area contributed by atoms with Gasteiger partial charge in [-0.3, -0.25) is 0 Å². The first-order valence-corrected chi connectivity index (χ1v) is 7.99. The zero-order valence-corrected chi connectivity index (χ0v) is 13.4. The van der Waals surface area contributed by atoms with Crippen LogP contribution in [0.5, 0.6) is 11.5 Å². The fourth-order valence-corrected chi connectivity index (χ4v) is 3.11. The third-order valence-electron chi connectivity index (χ3n) is 4.47. The number of aromatic carboxylic acids is 1. The summed E-state index contributed by atoms with van der Waals surface area (Å²) in [5, 5.41) is 28.8. The largest absolute Gasteiger partial charge is 0.508 e. The second kappa shape index (κ2) is 6.84. The minimum Gasteiger partial charge on any atom is -0.508 e. The molecule has 0 aromatic heterocycles. The molecule has 130 valence electrons. The first-order valence-electron chi connectivity index (χ1n) is 7.99. The average Bonchev–Trinajstić information content (AvgIpc) is 2.63. The van der Waals surface area contributed by atoms with E-state index in [4.69, 9.17) is 9.84 Å². The number of esters is 1. The van der Waals surface area contributed by atoms with Crippen LogP contribution in [0.2, 0.25) is 0 Å². The number of phenols is 2. The molecule has 0 saturated heterocycles. The minimum atomic E-state index is -1.10. The van der Waals surface area contributed by atoms with Gasteiger partial charge in [-0.15, -0.1) is 0 Å². The molecule has 2 aromatic rings. The van der Waals surface area contributed by atoms with Crippen molar-refractivity contribution in [2.75, 3.05) is 6.61 Å². The molecule has 1 aliphatic rings. The predicted octanol–water partition coefficient (Wildman–Crippen LogP) is 2.76. The van der Waals surface area contributed by atoms with Crippen molar-refractivity contribution in [3.8, 4) is 11.5 Å². The lowest BCUT2D eigenvalue weighted by Crippen LogP contribution is -2.21. The Labute approximate surface area is 144 Å². The highest BCUT2D eigenvalue weighted by Gasteiger charge is 2.25. The summed E-state index contributed by atoms with van der Waals surface area (Å²) in [7, 11) is 0. The molecule has 3 rings (SSSR count). The number of benzene rings is 2. The lowest BCUT2D eigenvalue weighted by molar-refractivity contribution is 0.0428. The molecule has 0 amide bonds. The van der Waals surface area contributed by atoms with E-state index in [1.165, 1.54) is 36.4 Å². The summed E-state index contributed by atoms with van der Waals surface area (Å²) in [6.45, 7) is 0.171. The summed E-state index contributed by atoms with van der Waals surface area (Å²) < 4.78 is 5.31. The number of carboxylic acids is 1. The Hall–Kier alpha value is -3.02. The van der Waals surface area contributed by atoms with Crippen molar-refractivity contribution >= 4 is 11.9 Å². The summed E-state index contributed by atoms with van der Waals surface area (Å²) in [5.41, 5.74) is 1.66. The fraction of sp³-hybridized carbons (Fsp3) is 0.263. The van der Waals surface area contributed by atoms with Crippen molar-refractivity contribution in [2.24, 2.45) is 5.92 Å². The minimum absolute atomic E-state index is 0.0291.